The Morgan fingerprint density at radius 1 is 1.20 bits per heavy atom. The standard InChI is InChI=1S/C25H33N9O/c1-16-14-34-23(28-24(16)32-10-7-18(26)15-32)12-20(31-34)22-6-2-3-9-33(22)25(35)21-11-19(29-30-21)17-5-4-8-27-13-17/h4-5,8,12-14,18-19,21-22,29-30H,2-3,6-7,9-11,15,26H2,1H3/t18-,19?,21?,22-/m0/s1. The lowest BCUT2D eigenvalue weighted by Crippen LogP contribution is -2.48. The molecule has 2 unspecified atom stereocenters. The van der Waals surface area contributed by atoms with Crippen molar-refractivity contribution in [3.05, 3.63) is 53.6 Å². The van der Waals surface area contributed by atoms with Crippen LogP contribution in [0.1, 0.15) is 61.0 Å². The number of nitrogens with zero attached hydrogens (tertiary/aromatic N) is 6. The fraction of sp³-hybridized carbons (Fsp3) is 0.520. The number of pyridine rings is 1. The molecule has 0 saturated carbocycles. The molecule has 6 heterocycles. The molecule has 1 amide bonds. The molecule has 184 valence electrons. The zero-order valence-corrected chi connectivity index (χ0v) is 20.1. The predicted molar refractivity (Wildman–Crippen MR) is 132 cm³/mol. The van der Waals surface area contributed by atoms with Crippen molar-refractivity contribution in [3.63, 3.8) is 0 Å². The van der Waals surface area contributed by atoms with Gasteiger partial charge in [-0.15, -0.1) is 0 Å². The molecular formula is C25H33N9O. The third-order valence-electron chi connectivity index (χ3n) is 7.56. The molecule has 35 heavy (non-hydrogen) atoms. The Kier molecular flexibility index (Phi) is 5.87. The molecule has 6 rings (SSSR count). The Hall–Kier alpha value is -3.08. The highest BCUT2D eigenvalue weighted by Gasteiger charge is 2.38. The monoisotopic (exact) mass is 475 g/mol. The minimum absolute atomic E-state index is 0.0406. The number of amides is 1. The van der Waals surface area contributed by atoms with Gasteiger partial charge in [-0.3, -0.25) is 9.78 Å². The van der Waals surface area contributed by atoms with E-state index in [1.165, 1.54) is 0 Å². The summed E-state index contributed by atoms with van der Waals surface area (Å²) in [5, 5.41) is 4.87. The number of fused-ring (bicyclic) bond motifs is 1. The van der Waals surface area contributed by atoms with Crippen LogP contribution in [0.25, 0.3) is 5.65 Å². The summed E-state index contributed by atoms with van der Waals surface area (Å²) in [6.07, 6.45) is 10.4. The van der Waals surface area contributed by atoms with Crippen LogP contribution in [0.5, 0.6) is 0 Å². The molecule has 0 spiro atoms. The van der Waals surface area contributed by atoms with Crippen molar-refractivity contribution in [2.24, 2.45) is 5.73 Å². The lowest BCUT2D eigenvalue weighted by Gasteiger charge is -2.36. The zero-order valence-electron chi connectivity index (χ0n) is 20.1. The summed E-state index contributed by atoms with van der Waals surface area (Å²) in [6, 6.07) is 5.97. The Bertz CT molecular complexity index is 1210. The maximum absolute atomic E-state index is 13.6. The van der Waals surface area contributed by atoms with Crippen molar-refractivity contribution in [1.82, 2.24) is 35.3 Å². The van der Waals surface area contributed by atoms with E-state index in [9.17, 15) is 4.79 Å². The minimum atomic E-state index is -0.274. The predicted octanol–water partition coefficient (Wildman–Crippen LogP) is 1.63. The second kappa shape index (κ2) is 9.18. The molecule has 0 aromatic carbocycles. The zero-order chi connectivity index (χ0) is 23.9. The molecule has 3 aliphatic heterocycles. The van der Waals surface area contributed by atoms with Crippen molar-refractivity contribution >= 4 is 17.4 Å². The number of hydrogen-bond acceptors (Lipinski definition) is 8. The number of aryl methyl sites for hydroxylation is 1. The number of likely N-dealkylation sites (tertiary alicyclic amines) is 1. The highest BCUT2D eigenvalue weighted by molar-refractivity contribution is 5.83. The van der Waals surface area contributed by atoms with Crippen LogP contribution >= 0.6 is 0 Å². The van der Waals surface area contributed by atoms with Crippen molar-refractivity contribution in [3.8, 4) is 0 Å². The second-order valence-electron chi connectivity index (χ2n) is 10.1. The van der Waals surface area contributed by atoms with Gasteiger partial charge in [-0.25, -0.2) is 20.4 Å². The summed E-state index contributed by atoms with van der Waals surface area (Å²) in [6.45, 7) is 4.58. The van der Waals surface area contributed by atoms with E-state index < -0.39 is 0 Å². The summed E-state index contributed by atoms with van der Waals surface area (Å²) < 4.78 is 1.86. The van der Waals surface area contributed by atoms with Crippen LogP contribution in [-0.4, -0.2) is 62.1 Å². The molecular weight excluding hydrogens is 442 g/mol. The number of nitrogens with one attached hydrogen (secondary N) is 2. The Labute approximate surface area is 204 Å². The van der Waals surface area contributed by atoms with Gasteiger partial charge in [0.25, 0.3) is 0 Å². The lowest BCUT2D eigenvalue weighted by atomic mass is 9.97. The van der Waals surface area contributed by atoms with Gasteiger partial charge < -0.3 is 15.5 Å². The molecule has 4 N–H and O–H groups in total. The molecule has 3 saturated heterocycles. The number of anilines is 1. The molecule has 0 radical (unpaired) electrons. The Morgan fingerprint density at radius 2 is 2.11 bits per heavy atom. The minimum Gasteiger partial charge on any atom is -0.355 e. The molecule has 3 fully saturated rings. The molecule has 3 aromatic rings. The average molecular weight is 476 g/mol. The topological polar surface area (TPSA) is 117 Å². The van der Waals surface area contributed by atoms with Gasteiger partial charge in [-0.2, -0.15) is 5.10 Å². The van der Waals surface area contributed by atoms with Gasteiger partial charge in [0, 0.05) is 61.9 Å². The number of carbonyl (C=O) groups excluding carboxylic acids is 1. The Balaban J connectivity index is 1.23. The van der Waals surface area contributed by atoms with Crippen molar-refractivity contribution in [1.29, 1.82) is 0 Å². The number of nitrogens with two attached hydrogens (primary N) is 1. The largest absolute Gasteiger partial charge is 0.355 e. The molecule has 10 nitrogen and oxygen atoms in total. The number of rotatable bonds is 4. The van der Waals surface area contributed by atoms with E-state index in [0.29, 0.717) is 6.42 Å². The number of aromatic nitrogens is 4. The van der Waals surface area contributed by atoms with Crippen molar-refractivity contribution in [2.75, 3.05) is 24.5 Å². The van der Waals surface area contributed by atoms with Crippen LogP contribution < -0.4 is 21.5 Å². The summed E-state index contributed by atoms with van der Waals surface area (Å²) >= 11 is 0. The summed E-state index contributed by atoms with van der Waals surface area (Å²) in [4.78, 5) is 27.1. The number of piperidine rings is 1. The first-order chi connectivity index (χ1) is 17.1. The van der Waals surface area contributed by atoms with E-state index in [0.717, 1.165) is 73.6 Å². The highest BCUT2D eigenvalue weighted by atomic mass is 16.2. The van der Waals surface area contributed by atoms with E-state index in [1.54, 1.807) is 6.20 Å². The van der Waals surface area contributed by atoms with Gasteiger partial charge in [0.2, 0.25) is 5.91 Å². The first-order valence-electron chi connectivity index (χ1n) is 12.7. The van der Waals surface area contributed by atoms with E-state index in [1.807, 2.05) is 40.0 Å². The first kappa shape index (κ1) is 22.4. The molecule has 4 atom stereocenters. The molecule has 3 aromatic heterocycles. The van der Waals surface area contributed by atoms with Crippen LogP contribution in [0, 0.1) is 6.92 Å². The summed E-state index contributed by atoms with van der Waals surface area (Å²) in [7, 11) is 0. The maximum Gasteiger partial charge on any atom is 0.241 e. The SMILES string of the molecule is Cc1cn2nc([C@@H]3CCCCN3C(=O)C3CC(c4cccnc4)NN3)cc2nc1N1CC[C@H](N)C1. The van der Waals surface area contributed by atoms with Crippen molar-refractivity contribution < 1.29 is 4.79 Å². The summed E-state index contributed by atoms with van der Waals surface area (Å²) in [5.41, 5.74) is 16.5. The van der Waals surface area contributed by atoms with Crippen molar-refractivity contribution in [2.45, 2.75) is 63.2 Å². The Morgan fingerprint density at radius 3 is 2.91 bits per heavy atom. The molecule has 3 aliphatic rings. The molecule has 0 aliphatic carbocycles. The van der Waals surface area contributed by atoms with E-state index in [4.69, 9.17) is 15.8 Å². The first-order valence-corrected chi connectivity index (χ1v) is 12.7. The van der Waals surface area contributed by atoms with E-state index >= 15 is 0 Å². The number of hydrazine groups is 1. The second-order valence-corrected chi connectivity index (χ2v) is 10.1. The molecule has 10 heteroatoms. The third kappa shape index (κ3) is 4.26. The van der Waals surface area contributed by atoms with Gasteiger partial charge in [0.1, 0.15) is 11.9 Å². The van der Waals surface area contributed by atoms with Gasteiger partial charge in [-0.05, 0) is 50.7 Å². The fourth-order valence-corrected chi connectivity index (χ4v) is 5.70. The normalized spacial score (nSPS) is 27.1. The lowest BCUT2D eigenvalue weighted by molar-refractivity contribution is -0.137. The van der Waals surface area contributed by atoms with Gasteiger partial charge in [-0.1, -0.05) is 6.07 Å². The summed E-state index contributed by atoms with van der Waals surface area (Å²) in [5.74, 6) is 1.11. The fourth-order valence-electron chi connectivity index (χ4n) is 5.70. The van der Waals surface area contributed by atoms with Crippen LogP contribution in [0.2, 0.25) is 0 Å². The highest BCUT2D eigenvalue weighted by Crippen LogP contribution is 2.33. The van der Waals surface area contributed by atoms with Crippen LogP contribution in [0.3, 0.4) is 0 Å². The third-order valence-corrected chi connectivity index (χ3v) is 7.56. The number of carbonyl (C=O) groups is 1. The van der Waals surface area contributed by atoms with Crippen LogP contribution in [0.4, 0.5) is 5.82 Å². The van der Waals surface area contributed by atoms with Crippen LogP contribution in [-0.2, 0) is 4.79 Å². The van der Waals surface area contributed by atoms with Gasteiger partial charge >= 0.3 is 0 Å². The van der Waals surface area contributed by atoms with E-state index in [-0.39, 0.29) is 30.1 Å². The molecule has 0 bridgehead atoms. The quantitative estimate of drug-likeness (QED) is 0.521. The van der Waals surface area contributed by atoms with Gasteiger partial charge in [0.05, 0.1) is 11.7 Å². The smallest absolute Gasteiger partial charge is 0.241 e. The van der Waals surface area contributed by atoms with Crippen LogP contribution in [0.15, 0.2) is 36.8 Å². The van der Waals surface area contributed by atoms with Gasteiger partial charge in [0.15, 0.2) is 5.65 Å². The van der Waals surface area contributed by atoms with E-state index in [2.05, 4.69) is 27.7 Å². The average Bonchev–Trinajstić information content (AvgIpc) is 3.63. The number of hydrogen-bond donors (Lipinski definition) is 3. The maximum atomic E-state index is 13.6.